The number of ether oxygens (including phenoxy) is 2. The largest absolute Gasteiger partial charge is 0.507 e. The highest BCUT2D eigenvalue weighted by atomic mass is 32.1. The summed E-state index contributed by atoms with van der Waals surface area (Å²) in [7, 11) is 3.05. The lowest BCUT2D eigenvalue weighted by Gasteiger charge is -2.22. The number of nitrogens with zero attached hydrogens (tertiary/aromatic N) is 1. The van der Waals surface area contributed by atoms with Crippen LogP contribution in [0.5, 0.6) is 11.5 Å². The van der Waals surface area contributed by atoms with Crippen LogP contribution in [-0.2, 0) is 4.74 Å². The van der Waals surface area contributed by atoms with Crippen molar-refractivity contribution in [2.75, 3.05) is 33.9 Å². The van der Waals surface area contributed by atoms with Gasteiger partial charge >= 0.3 is 0 Å². The van der Waals surface area contributed by atoms with Gasteiger partial charge in [-0.15, -0.1) is 0 Å². The molecule has 0 saturated carbocycles. The van der Waals surface area contributed by atoms with Crippen molar-refractivity contribution in [2.24, 2.45) is 5.73 Å². The van der Waals surface area contributed by atoms with Gasteiger partial charge in [0.1, 0.15) is 11.5 Å². The van der Waals surface area contributed by atoms with E-state index in [-0.39, 0.29) is 17.2 Å². The molecule has 6 nitrogen and oxygen atoms in total. The number of nitrogens with two attached hydrogens (primary N) is 1. The molecule has 3 N–H and O–H groups in total. The van der Waals surface area contributed by atoms with Crippen molar-refractivity contribution in [3.8, 4) is 11.5 Å². The van der Waals surface area contributed by atoms with Crippen LogP contribution in [0.3, 0.4) is 0 Å². The topological polar surface area (TPSA) is 85.0 Å². The molecule has 0 fully saturated rings. The van der Waals surface area contributed by atoms with E-state index >= 15 is 0 Å². The van der Waals surface area contributed by atoms with Crippen LogP contribution in [0.25, 0.3) is 0 Å². The van der Waals surface area contributed by atoms with E-state index in [1.165, 1.54) is 19.2 Å². The first kappa shape index (κ1) is 17.2. The summed E-state index contributed by atoms with van der Waals surface area (Å²) in [6.45, 7) is 1.16. The van der Waals surface area contributed by atoms with Crippen molar-refractivity contribution in [1.29, 1.82) is 0 Å². The molecular formula is C14H20N2O4S. The third-order valence-electron chi connectivity index (χ3n) is 2.92. The quantitative estimate of drug-likeness (QED) is 0.701. The SMILES string of the molecule is COCCN(CCC(N)=S)C(=O)c1ccc(OC)cc1O. The van der Waals surface area contributed by atoms with Crippen molar-refractivity contribution < 1.29 is 19.4 Å². The summed E-state index contributed by atoms with van der Waals surface area (Å²) in [4.78, 5) is 14.4. The normalized spacial score (nSPS) is 10.2. The lowest BCUT2D eigenvalue weighted by atomic mass is 10.1. The van der Waals surface area contributed by atoms with Gasteiger partial charge in [0.25, 0.3) is 5.91 Å². The molecule has 116 valence electrons. The summed E-state index contributed by atoms with van der Waals surface area (Å²) in [6.07, 6.45) is 0.418. The van der Waals surface area contributed by atoms with E-state index in [9.17, 15) is 9.90 Å². The van der Waals surface area contributed by atoms with E-state index in [2.05, 4.69) is 0 Å². The predicted octanol–water partition coefficient (Wildman–Crippen LogP) is 1.17. The maximum Gasteiger partial charge on any atom is 0.257 e. The summed E-state index contributed by atoms with van der Waals surface area (Å²) in [5.41, 5.74) is 5.68. The number of carbonyl (C=O) groups excluding carboxylic acids is 1. The zero-order chi connectivity index (χ0) is 15.8. The van der Waals surface area contributed by atoms with Crippen molar-refractivity contribution in [3.05, 3.63) is 23.8 Å². The highest BCUT2D eigenvalue weighted by molar-refractivity contribution is 7.80. The summed E-state index contributed by atoms with van der Waals surface area (Å²) in [5, 5.41) is 9.94. The fourth-order valence-electron chi connectivity index (χ4n) is 1.75. The molecule has 0 aliphatic heterocycles. The van der Waals surface area contributed by atoms with E-state index in [1.807, 2.05) is 0 Å². The molecule has 0 heterocycles. The van der Waals surface area contributed by atoms with Crippen LogP contribution < -0.4 is 10.5 Å². The summed E-state index contributed by atoms with van der Waals surface area (Å²) >= 11 is 4.83. The standard InChI is InChI=1S/C14H20N2O4S/c1-19-8-7-16(6-5-13(15)21)14(18)11-4-3-10(20-2)9-12(11)17/h3-4,9,17H,5-8H2,1-2H3,(H2,15,21). The highest BCUT2D eigenvalue weighted by Gasteiger charge is 2.19. The number of amides is 1. The molecule has 21 heavy (non-hydrogen) atoms. The number of phenolic OH excluding ortho intramolecular Hbond substituents is 1. The molecule has 0 bridgehead atoms. The Morgan fingerprint density at radius 3 is 2.62 bits per heavy atom. The number of hydrogen-bond donors (Lipinski definition) is 2. The fraction of sp³-hybridized carbons (Fsp3) is 0.429. The van der Waals surface area contributed by atoms with Gasteiger partial charge in [0.15, 0.2) is 0 Å². The molecule has 7 heteroatoms. The first-order valence-corrected chi connectivity index (χ1v) is 6.84. The Balaban J connectivity index is 2.89. The Hall–Kier alpha value is -1.86. The van der Waals surface area contributed by atoms with E-state index < -0.39 is 0 Å². The summed E-state index contributed by atoms with van der Waals surface area (Å²) in [5.74, 6) is 0.0520. The van der Waals surface area contributed by atoms with Gasteiger partial charge in [-0.3, -0.25) is 4.79 Å². The number of hydrogen-bond acceptors (Lipinski definition) is 5. The molecule has 1 aromatic carbocycles. The zero-order valence-corrected chi connectivity index (χ0v) is 13.0. The molecule has 0 unspecified atom stereocenters. The van der Waals surface area contributed by atoms with E-state index in [0.29, 0.717) is 36.9 Å². The van der Waals surface area contributed by atoms with Gasteiger partial charge in [-0.1, -0.05) is 12.2 Å². The second-order valence-electron chi connectivity index (χ2n) is 4.38. The van der Waals surface area contributed by atoms with Crippen molar-refractivity contribution in [2.45, 2.75) is 6.42 Å². The van der Waals surface area contributed by atoms with Crippen LogP contribution >= 0.6 is 12.2 Å². The third kappa shape index (κ3) is 5.20. The minimum atomic E-state index is -0.302. The number of methoxy groups -OCH3 is 2. The number of phenols is 1. The number of aromatic hydroxyl groups is 1. The van der Waals surface area contributed by atoms with Gasteiger partial charge in [0.2, 0.25) is 0 Å². The lowest BCUT2D eigenvalue weighted by Crippen LogP contribution is -2.36. The monoisotopic (exact) mass is 312 g/mol. The van der Waals surface area contributed by atoms with Crippen molar-refractivity contribution in [1.82, 2.24) is 4.90 Å². The van der Waals surface area contributed by atoms with Crippen LogP contribution in [0.4, 0.5) is 0 Å². The van der Waals surface area contributed by atoms with E-state index in [4.69, 9.17) is 27.4 Å². The Bertz CT molecular complexity index is 508. The van der Waals surface area contributed by atoms with Gasteiger partial charge in [0.05, 0.1) is 24.3 Å². The van der Waals surface area contributed by atoms with Gasteiger partial charge in [-0.2, -0.15) is 0 Å². The summed E-state index contributed by atoms with van der Waals surface area (Å²) < 4.78 is 9.99. The first-order valence-electron chi connectivity index (χ1n) is 6.43. The highest BCUT2D eigenvalue weighted by Crippen LogP contribution is 2.24. The van der Waals surface area contributed by atoms with Crippen LogP contribution in [0.1, 0.15) is 16.8 Å². The molecule has 1 aromatic rings. The smallest absolute Gasteiger partial charge is 0.257 e. The lowest BCUT2D eigenvalue weighted by molar-refractivity contribution is 0.0698. The molecule has 0 atom stereocenters. The molecule has 0 aliphatic carbocycles. The molecule has 1 rings (SSSR count). The third-order valence-corrected chi connectivity index (χ3v) is 3.12. The molecule has 0 saturated heterocycles. The van der Waals surface area contributed by atoms with E-state index in [1.54, 1.807) is 18.1 Å². The minimum Gasteiger partial charge on any atom is -0.507 e. The number of carbonyl (C=O) groups is 1. The Morgan fingerprint density at radius 2 is 2.10 bits per heavy atom. The Morgan fingerprint density at radius 1 is 1.38 bits per heavy atom. The van der Waals surface area contributed by atoms with Gasteiger partial charge in [-0.25, -0.2) is 0 Å². The average molecular weight is 312 g/mol. The molecule has 1 amide bonds. The molecular weight excluding hydrogens is 292 g/mol. The molecule has 0 spiro atoms. The average Bonchev–Trinajstić information content (AvgIpc) is 2.46. The zero-order valence-electron chi connectivity index (χ0n) is 12.2. The Kier molecular flexibility index (Phi) is 6.90. The number of benzene rings is 1. The van der Waals surface area contributed by atoms with Gasteiger partial charge in [-0.05, 0) is 12.1 Å². The predicted molar refractivity (Wildman–Crippen MR) is 83.8 cm³/mol. The molecule has 0 aromatic heterocycles. The van der Waals surface area contributed by atoms with Crippen molar-refractivity contribution >= 4 is 23.1 Å². The minimum absolute atomic E-state index is 0.128. The second kappa shape index (κ2) is 8.43. The second-order valence-corrected chi connectivity index (χ2v) is 4.91. The van der Waals surface area contributed by atoms with Gasteiger partial charge in [0, 0.05) is 32.7 Å². The first-order chi connectivity index (χ1) is 9.99. The van der Waals surface area contributed by atoms with Crippen LogP contribution in [0.2, 0.25) is 0 Å². The molecule has 0 aliphatic rings. The number of rotatable bonds is 8. The van der Waals surface area contributed by atoms with Crippen molar-refractivity contribution in [3.63, 3.8) is 0 Å². The van der Waals surface area contributed by atoms with E-state index in [0.717, 1.165) is 0 Å². The number of thiocarbonyl (C=S) groups is 1. The summed E-state index contributed by atoms with van der Waals surface area (Å²) in [6, 6.07) is 4.54. The fourth-order valence-corrected chi connectivity index (χ4v) is 1.84. The maximum absolute atomic E-state index is 12.5. The van der Waals surface area contributed by atoms with Crippen LogP contribution in [-0.4, -0.2) is 54.8 Å². The maximum atomic E-state index is 12.5. The van der Waals surface area contributed by atoms with Crippen LogP contribution in [0.15, 0.2) is 18.2 Å². The van der Waals surface area contributed by atoms with Crippen LogP contribution in [0, 0.1) is 0 Å². The van der Waals surface area contributed by atoms with Gasteiger partial charge < -0.3 is 25.2 Å². The Labute approximate surface area is 129 Å². The molecule has 0 radical (unpaired) electrons.